The largest absolute Gasteiger partial charge is 0.342 e. The normalized spacial score (nSPS) is 26.3. The summed E-state index contributed by atoms with van der Waals surface area (Å²) in [4.78, 5) is 17.5. The quantitative estimate of drug-likeness (QED) is 0.876. The highest BCUT2D eigenvalue weighted by atomic mass is 32.1. The first-order chi connectivity index (χ1) is 12.2. The van der Waals surface area contributed by atoms with Crippen molar-refractivity contribution in [2.45, 2.75) is 51.6 Å². The zero-order valence-corrected chi connectivity index (χ0v) is 16.2. The summed E-state index contributed by atoms with van der Waals surface area (Å²) in [6.07, 6.45) is 6.15. The predicted octanol–water partition coefficient (Wildman–Crippen LogP) is 2.95. The van der Waals surface area contributed by atoms with Gasteiger partial charge in [0.2, 0.25) is 5.91 Å². The molecule has 1 unspecified atom stereocenters. The van der Waals surface area contributed by atoms with Gasteiger partial charge in [-0.25, -0.2) is 0 Å². The van der Waals surface area contributed by atoms with E-state index < -0.39 is 0 Å². The molecule has 2 aliphatic heterocycles. The van der Waals surface area contributed by atoms with Crippen LogP contribution in [0.4, 0.5) is 0 Å². The molecule has 1 aliphatic carbocycles. The topological polar surface area (TPSA) is 35.6 Å². The first-order valence-corrected chi connectivity index (χ1v) is 10.8. The highest BCUT2D eigenvalue weighted by Crippen LogP contribution is 2.56. The van der Waals surface area contributed by atoms with E-state index in [1.54, 1.807) is 11.3 Å². The maximum absolute atomic E-state index is 12.9. The zero-order chi connectivity index (χ0) is 17.3. The number of likely N-dealkylation sites (tertiary alicyclic amines) is 1. The lowest BCUT2D eigenvalue weighted by molar-refractivity contribution is -0.134. The van der Waals surface area contributed by atoms with Crippen molar-refractivity contribution < 1.29 is 4.79 Å². The molecule has 25 heavy (non-hydrogen) atoms. The number of carbonyl (C=O) groups excluding carboxylic acids is 1. The number of carbonyl (C=O) groups is 1. The third-order valence-corrected chi connectivity index (χ3v) is 7.36. The van der Waals surface area contributed by atoms with Gasteiger partial charge in [-0.05, 0) is 78.9 Å². The van der Waals surface area contributed by atoms with Crippen LogP contribution in [0.1, 0.15) is 44.6 Å². The Morgan fingerprint density at radius 1 is 1.36 bits per heavy atom. The summed E-state index contributed by atoms with van der Waals surface area (Å²) in [7, 11) is 0. The zero-order valence-electron chi connectivity index (χ0n) is 15.4. The number of rotatable bonds is 5. The lowest BCUT2D eigenvalue weighted by atomic mass is 9.93. The summed E-state index contributed by atoms with van der Waals surface area (Å²) in [6.45, 7) is 8.01. The number of piperidine rings is 2. The Balaban J connectivity index is 1.41. The Hall–Kier alpha value is -0.910. The number of nitrogens with zero attached hydrogens (tertiary/aromatic N) is 2. The minimum absolute atomic E-state index is 0.345. The summed E-state index contributed by atoms with van der Waals surface area (Å²) in [5, 5.41) is 7.87. The molecule has 1 atom stereocenters. The number of hydrogen-bond donors (Lipinski definition) is 1. The molecule has 3 fully saturated rings. The Kier molecular flexibility index (Phi) is 5.16. The fraction of sp³-hybridized carbons (Fsp3) is 0.750. The Labute approximate surface area is 155 Å². The van der Waals surface area contributed by atoms with Crippen molar-refractivity contribution in [3.05, 3.63) is 22.4 Å². The molecule has 1 saturated carbocycles. The van der Waals surface area contributed by atoms with E-state index in [1.807, 2.05) is 0 Å². The molecular formula is C20H31N3OS. The molecule has 1 amide bonds. The van der Waals surface area contributed by atoms with Gasteiger partial charge in [0.15, 0.2) is 0 Å². The Morgan fingerprint density at radius 3 is 2.80 bits per heavy atom. The monoisotopic (exact) mass is 361 g/mol. The molecule has 0 aromatic carbocycles. The lowest BCUT2D eigenvalue weighted by Gasteiger charge is -2.34. The van der Waals surface area contributed by atoms with Crippen molar-refractivity contribution in [2.24, 2.45) is 11.3 Å². The third kappa shape index (κ3) is 3.93. The van der Waals surface area contributed by atoms with Crippen molar-refractivity contribution in [1.29, 1.82) is 0 Å². The Bertz CT molecular complexity index is 574. The summed E-state index contributed by atoms with van der Waals surface area (Å²) < 4.78 is 0. The smallest absolute Gasteiger partial charge is 0.236 e. The van der Waals surface area contributed by atoms with E-state index in [4.69, 9.17) is 0 Å². The highest BCUT2D eigenvalue weighted by Gasteiger charge is 2.56. The molecule has 0 radical (unpaired) electrons. The lowest BCUT2D eigenvalue weighted by Crippen LogP contribution is -2.45. The van der Waals surface area contributed by atoms with Crippen LogP contribution in [0.3, 0.4) is 0 Å². The van der Waals surface area contributed by atoms with Crippen molar-refractivity contribution in [3.8, 4) is 0 Å². The van der Waals surface area contributed by atoms with Crippen LogP contribution in [0.2, 0.25) is 0 Å². The average molecular weight is 362 g/mol. The van der Waals surface area contributed by atoms with Crippen LogP contribution in [0, 0.1) is 11.3 Å². The fourth-order valence-corrected chi connectivity index (χ4v) is 5.39. The van der Waals surface area contributed by atoms with Crippen LogP contribution in [-0.2, 0) is 11.3 Å². The molecule has 2 saturated heterocycles. The van der Waals surface area contributed by atoms with Gasteiger partial charge in [0.05, 0.1) is 6.54 Å². The maximum atomic E-state index is 12.9. The molecule has 3 aliphatic rings. The van der Waals surface area contributed by atoms with Gasteiger partial charge in [-0.2, -0.15) is 11.3 Å². The molecule has 1 aromatic heterocycles. The third-order valence-electron chi connectivity index (χ3n) is 6.63. The van der Waals surface area contributed by atoms with Crippen LogP contribution in [0.15, 0.2) is 16.8 Å². The van der Waals surface area contributed by atoms with E-state index in [1.165, 1.54) is 24.8 Å². The summed E-state index contributed by atoms with van der Waals surface area (Å²) in [5.41, 5.74) is 1.85. The summed E-state index contributed by atoms with van der Waals surface area (Å²) in [6, 6.07) is 2.81. The van der Waals surface area contributed by atoms with E-state index in [0.29, 0.717) is 23.9 Å². The van der Waals surface area contributed by atoms with E-state index in [9.17, 15) is 4.79 Å². The fourth-order valence-electron chi connectivity index (χ4n) is 4.73. The molecule has 3 heterocycles. The van der Waals surface area contributed by atoms with Crippen molar-refractivity contribution in [2.75, 3.05) is 32.7 Å². The molecule has 1 aromatic rings. The van der Waals surface area contributed by atoms with Crippen molar-refractivity contribution in [3.63, 3.8) is 0 Å². The Morgan fingerprint density at radius 2 is 2.12 bits per heavy atom. The van der Waals surface area contributed by atoms with Gasteiger partial charge in [0.25, 0.3) is 0 Å². The predicted molar refractivity (Wildman–Crippen MR) is 103 cm³/mol. The molecule has 1 spiro atoms. The molecule has 1 N–H and O–H groups in total. The van der Waals surface area contributed by atoms with Gasteiger partial charge in [-0.3, -0.25) is 9.69 Å². The first-order valence-electron chi connectivity index (χ1n) is 9.90. The highest BCUT2D eigenvalue weighted by molar-refractivity contribution is 7.07. The van der Waals surface area contributed by atoms with Gasteiger partial charge in [-0.15, -0.1) is 0 Å². The van der Waals surface area contributed by atoms with E-state index in [-0.39, 0.29) is 0 Å². The first kappa shape index (κ1) is 17.5. The second-order valence-corrected chi connectivity index (χ2v) is 9.21. The van der Waals surface area contributed by atoms with Gasteiger partial charge in [0.1, 0.15) is 0 Å². The molecule has 4 nitrogen and oxygen atoms in total. The van der Waals surface area contributed by atoms with Crippen molar-refractivity contribution in [1.82, 2.24) is 15.1 Å². The maximum Gasteiger partial charge on any atom is 0.236 e. The second kappa shape index (κ2) is 7.37. The summed E-state index contributed by atoms with van der Waals surface area (Å²) in [5.74, 6) is 1.12. The van der Waals surface area contributed by atoms with Crippen LogP contribution in [0.25, 0.3) is 0 Å². The van der Waals surface area contributed by atoms with Crippen LogP contribution >= 0.6 is 11.3 Å². The number of hydrogen-bond acceptors (Lipinski definition) is 4. The van der Waals surface area contributed by atoms with E-state index in [2.05, 4.69) is 38.9 Å². The average Bonchev–Trinajstić information content (AvgIpc) is 3.05. The van der Waals surface area contributed by atoms with Crippen LogP contribution in [0.5, 0.6) is 0 Å². The number of nitrogens with one attached hydrogen (secondary N) is 1. The van der Waals surface area contributed by atoms with Gasteiger partial charge < -0.3 is 10.2 Å². The number of thiophene rings is 1. The van der Waals surface area contributed by atoms with Gasteiger partial charge in [0, 0.05) is 25.7 Å². The van der Waals surface area contributed by atoms with Gasteiger partial charge in [-0.1, -0.05) is 6.92 Å². The minimum atomic E-state index is 0.345. The molecule has 138 valence electrons. The van der Waals surface area contributed by atoms with Crippen molar-refractivity contribution >= 4 is 17.2 Å². The summed E-state index contributed by atoms with van der Waals surface area (Å²) >= 11 is 1.76. The van der Waals surface area contributed by atoms with E-state index >= 15 is 0 Å². The van der Waals surface area contributed by atoms with Crippen LogP contribution in [-0.4, -0.2) is 54.5 Å². The standard InChI is InChI=1S/C20H31N3OS/c1-16-2-9-22(10-3-16)19(24)14-23(13-17-4-11-25-15-17)18-12-20(18)5-7-21-8-6-20/h4,11,15-16,18,21H,2-3,5-10,12-14H2,1H3. The minimum Gasteiger partial charge on any atom is -0.342 e. The molecule has 4 rings (SSSR count). The molecule has 5 heteroatoms. The molecular weight excluding hydrogens is 330 g/mol. The SMILES string of the molecule is CC1CCN(C(=O)CN(Cc2ccsc2)C2CC23CCNCC3)CC1. The number of amides is 1. The van der Waals surface area contributed by atoms with Gasteiger partial charge >= 0.3 is 0 Å². The molecule has 0 bridgehead atoms. The second-order valence-electron chi connectivity index (χ2n) is 8.43. The van der Waals surface area contributed by atoms with Crippen LogP contribution < -0.4 is 5.32 Å². The van der Waals surface area contributed by atoms with E-state index in [0.717, 1.165) is 51.5 Å².